The summed E-state index contributed by atoms with van der Waals surface area (Å²) in [6.45, 7) is 1.02. The van der Waals surface area contributed by atoms with E-state index in [0.29, 0.717) is 49.2 Å². The standard InChI is InChI=1S/C38H51NO9S/c1-49(44)36-20-18-33(19-21-36)46-24-15-25-48-35-27-31(39(29-37(40)41)30-38(42)43)26-34(28-35)47-23-14-9-7-5-3-2-4-6-8-13-22-45-32-16-11-10-12-17-32/h10-12,16-21,26-28H,2-9,13-15,22-25,29-30H2,1H3,(H,40,41)(H,42,43). The molecule has 3 aromatic rings. The molecule has 2 N–H and O–H groups in total. The molecule has 11 heteroatoms. The van der Waals surface area contributed by atoms with Gasteiger partial charge in [0, 0.05) is 52.3 Å². The number of hydrogen-bond donors (Lipinski definition) is 2. The van der Waals surface area contributed by atoms with Gasteiger partial charge in [0.15, 0.2) is 0 Å². The average molecular weight is 698 g/mol. The van der Waals surface area contributed by atoms with Crippen molar-refractivity contribution in [3.05, 3.63) is 72.8 Å². The lowest BCUT2D eigenvalue weighted by atomic mass is 10.1. The molecule has 0 aliphatic rings. The largest absolute Gasteiger partial charge is 0.494 e. The minimum Gasteiger partial charge on any atom is -0.494 e. The van der Waals surface area contributed by atoms with Crippen LogP contribution in [0.4, 0.5) is 5.69 Å². The molecule has 3 rings (SSSR count). The Morgan fingerprint density at radius 2 is 0.959 bits per heavy atom. The number of rotatable bonds is 27. The van der Waals surface area contributed by atoms with Gasteiger partial charge in [-0.1, -0.05) is 69.6 Å². The number of carbonyl (C=O) groups is 2. The van der Waals surface area contributed by atoms with Crippen LogP contribution >= 0.6 is 0 Å². The Hall–Kier alpha value is -4.25. The number of ether oxygens (including phenoxy) is 4. The fourth-order valence-corrected chi connectivity index (χ4v) is 5.67. The van der Waals surface area contributed by atoms with Crippen LogP contribution in [0.25, 0.3) is 0 Å². The molecular formula is C38H51NO9S. The fourth-order valence-electron chi connectivity index (χ4n) is 5.15. The molecule has 0 saturated heterocycles. The molecule has 0 fully saturated rings. The van der Waals surface area contributed by atoms with E-state index in [4.69, 9.17) is 18.9 Å². The third kappa shape index (κ3) is 17.1. The summed E-state index contributed by atoms with van der Waals surface area (Å²) in [5, 5.41) is 18.7. The van der Waals surface area contributed by atoms with E-state index in [9.17, 15) is 24.0 Å². The summed E-state index contributed by atoms with van der Waals surface area (Å²) in [5.41, 5.74) is 0.394. The zero-order valence-corrected chi connectivity index (χ0v) is 29.4. The van der Waals surface area contributed by atoms with Crippen LogP contribution in [-0.2, 0) is 20.4 Å². The number of anilines is 1. The molecule has 0 saturated carbocycles. The normalized spacial score (nSPS) is 11.4. The van der Waals surface area contributed by atoms with Gasteiger partial charge in [-0.25, -0.2) is 0 Å². The van der Waals surface area contributed by atoms with Gasteiger partial charge in [0.1, 0.15) is 36.1 Å². The minimum absolute atomic E-state index is 0.320. The second-order valence-corrected chi connectivity index (χ2v) is 13.2. The van der Waals surface area contributed by atoms with Crippen molar-refractivity contribution in [3.63, 3.8) is 0 Å². The van der Waals surface area contributed by atoms with Crippen molar-refractivity contribution in [1.29, 1.82) is 0 Å². The smallest absolute Gasteiger partial charge is 0.323 e. The van der Waals surface area contributed by atoms with Gasteiger partial charge >= 0.3 is 11.9 Å². The van der Waals surface area contributed by atoms with E-state index >= 15 is 0 Å². The highest BCUT2D eigenvalue weighted by Crippen LogP contribution is 2.29. The summed E-state index contributed by atoms with van der Waals surface area (Å²) < 4.78 is 35.0. The van der Waals surface area contributed by atoms with Crippen molar-refractivity contribution in [3.8, 4) is 23.0 Å². The second-order valence-electron chi connectivity index (χ2n) is 11.8. The molecule has 49 heavy (non-hydrogen) atoms. The first-order valence-corrected chi connectivity index (χ1v) is 18.7. The summed E-state index contributed by atoms with van der Waals surface area (Å²) in [4.78, 5) is 24.9. The molecule has 1 unspecified atom stereocenters. The van der Waals surface area contributed by atoms with Crippen LogP contribution < -0.4 is 23.8 Å². The summed E-state index contributed by atoms with van der Waals surface area (Å²) in [5.74, 6) is 0.266. The molecule has 0 aliphatic heterocycles. The molecule has 268 valence electrons. The number of carboxylic acid groups (broad SMARTS) is 2. The van der Waals surface area contributed by atoms with Crippen molar-refractivity contribution in [2.45, 2.75) is 75.5 Å². The Kier molecular flexibility index (Phi) is 18.5. The highest BCUT2D eigenvalue weighted by molar-refractivity contribution is 7.84. The summed E-state index contributed by atoms with van der Waals surface area (Å²) >= 11 is 0. The first-order valence-electron chi connectivity index (χ1n) is 17.1. The van der Waals surface area contributed by atoms with Crippen molar-refractivity contribution >= 4 is 28.4 Å². The summed E-state index contributed by atoms with van der Waals surface area (Å²) in [6, 6.07) is 22.0. The number of hydrogen-bond acceptors (Lipinski definition) is 8. The third-order valence-corrected chi connectivity index (χ3v) is 8.62. The second kappa shape index (κ2) is 23.2. The van der Waals surface area contributed by atoms with E-state index in [0.717, 1.165) is 42.9 Å². The van der Waals surface area contributed by atoms with E-state index in [-0.39, 0.29) is 0 Å². The van der Waals surface area contributed by atoms with Crippen LogP contribution in [0.2, 0.25) is 0 Å². The van der Waals surface area contributed by atoms with Gasteiger partial charge in [0.05, 0.1) is 26.4 Å². The third-order valence-electron chi connectivity index (χ3n) is 7.68. The number of benzene rings is 3. The van der Waals surface area contributed by atoms with E-state index < -0.39 is 35.8 Å². The van der Waals surface area contributed by atoms with Crippen LogP contribution in [0.15, 0.2) is 77.7 Å². The number of unbranched alkanes of at least 4 members (excludes halogenated alkanes) is 9. The molecule has 0 bridgehead atoms. The van der Waals surface area contributed by atoms with Gasteiger partial charge in [-0.15, -0.1) is 0 Å². The zero-order valence-electron chi connectivity index (χ0n) is 28.6. The Morgan fingerprint density at radius 3 is 1.41 bits per heavy atom. The van der Waals surface area contributed by atoms with Crippen molar-refractivity contribution in [2.24, 2.45) is 0 Å². The highest BCUT2D eigenvalue weighted by atomic mass is 32.2. The predicted molar refractivity (Wildman–Crippen MR) is 192 cm³/mol. The van der Waals surface area contributed by atoms with E-state index in [1.165, 1.54) is 43.4 Å². The summed E-state index contributed by atoms with van der Waals surface area (Å²) in [6.07, 6.45) is 13.7. The molecule has 0 aromatic heterocycles. The maximum atomic E-state index is 11.6. The van der Waals surface area contributed by atoms with E-state index in [1.807, 2.05) is 30.3 Å². The number of nitrogens with zero attached hydrogens (tertiary/aromatic N) is 1. The molecule has 0 aliphatic carbocycles. The predicted octanol–water partition coefficient (Wildman–Crippen LogP) is 7.61. The molecule has 0 amide bonds. The van der Waals surface area contributed by atoms with Gasteiger partial charge in [0.25, 0.3) is 0 Å². The number of aliphatic carboxylic acids is 2. The molecule has 3 aromatic carbocycles. The van der Waals surface area contributed by atoms with Gasteiger partial charge in [-0.3, -0.25) is 13.8 Å². The highest BCUT2D eigenvalue weighted by Gasteiger charge is 2.17. The van der Waals surface area contributed by atoms with E-state index in [2.05, 4.69) is 0 Å². The maximum absolute atomic E-state index is 11.6. The zero-order chi connectivity index (χ0) is 35.1. The van der Waals surface area contributed by atoms with Gasteiger partial charge in [0.2, 0.25) is 0 Å². The topological polar surface area (TPSA) is 132 Å². The molecule has 1 atom stereocenters. The van der Waals surface area contributed by atoms with Gasteiger partial charge in [-0.05, 0) is 49.2 Å². The first kappa shape index (κ1) is 39.2. The Morgan fingerprint density at radius 1 is 0.551 bits per heavy atom. The fraction of sp³-hybridized carbons (Fsp3) is 0.474. The van der Waals surface area contributed by atoms with Crippen molar-refractivity contribution in [1.82, 2.24) is 0 Å². The number of para-hydroxylation sites is 1. The summed E-state index contributed by atoms with van der Waals surface area (Å²) in [7, 11) is -1.05. The lowest BCUT2D eigenvalue weighted by Crippen LogP contribution is -2.34. The van der Waals surface area contributed by atoms with Gasteiger partial charge in [-0.2, -0.15) is 0 Å². The van der Waals surface area contributed by atoms with Crippen LogP contribution in [0.1, 0.15) is 70.6 Å². The molecule has 0 radical (unpaired) electrons. The van der Waals surface area contributed by atoms with Crippen LogP contribution in [0, 0.1) is 0 Å². The average Bonchev–Trinajstić information content (AvgIpc) is 3.08. The van der Waals surface area contributed by atoms with Crippen LogP contribution in [0.5, 0.6) is 23.0 Å². The Balaban J connectivity index is 1.36. The lowest BCUT2D eigenvalue weighted by molar-refractivity contribution is -0.136. The Labute approximate surface area is 292 Å². The Bertz CT molecular complexity index is 1390. The molecular weight excluding hydrogens is 646 g/mol. The lowest BCUT2D eigenvalue weighted by Gasteiger charge is -2.22. The van der Waals surface area contributed by atoms with Crippen molar-refractivity contribution in [2.75, 3.05) is 50.7 Å². The first-order chi connectivity index (χ1) is 23.8. The number of carboxylic acids is 2. The molecule has 0 heterocycles. The quantitative estimate of drug-likeness (QED) is 0.0768. The SMILES string of the molecule is CS(=O)c1ccc(OCCCOc2cc(OCCCCCCCCCCCCOc3ccccc3)cc(N(CC(=O)O)CC(=O)O)c2)cc1. The maximum Gasteiger partial charge on any atom is 0.323 e. The minimum atomic E-state index is -1.14. The van der Waals surface area contributed by atoms with Crippen LogP contribution in [-0.4, -0.2) is 72.1 Å². The van der Waals surface area contributed by atoms with Crippen LogP contribution in [0.3, 0.4) is 0 Å². The molecule has 10 nitrogen and oxygen atoms in total. The van der Waals surface area contributed by atoms with Gasteiger partial charge < -0.3 is 34.1 Å². The monoisotopic (exact) mass is 697 g/mol. The molecule has 0 spiro atoms. The van der Waals surface area contributed by atoms with Crippen molar-refractivity contribution < 1.29 is 43.0 Å². The van der Waals surface area contributed by atoms with E-state index in [1.54, 1.807) is 48.7 Å².